The first-order chi connectivity index (χ1) is 14.5. The summed E-state index contributed by atoms with van der Waals surface area (Å²) in [4.78, 5) is 5.11. The predicted octanol–water partition coefficient (Wildman–Crippen LogP) is 5.46. The van der Waals surface area contributed by atoms with Crippen LogP contribution in [0.25, 0.3) is 0 Å². The quantitative estimate of drug-likeness (QED) is 0.0733. The van der Waals surface area contributed by atoms with E-state index < -0.39 is 10.0 Å². The summed E-state index contributed by atoms with van der Waals surface area (Å²) >= 11 is 0.919. The van der Waals surface area contributed by atoms with E-state index in [9.17, 15) is 8.42 Å². The van der Waals surface area contributed by atoms with Gasteiger partial charge in [-0.25, -0.2) is 0 Å². The van der Waals surface area contributed by atoms with Crippen LogP contribution in [0.2, 0.25) is 0 Å². The molecular weight excluding hydrogens is 515 g/mol. The summed E-state index contributed by atoms with van der Waals surface area (Å²) in [6, 6.07) is 20.1. The zero-order valence-corrected chi connectivity index (χ0v) is 19.2. The number of benzene rings is 2. The molecular formula is C18H14Cl2FeN2O5S2. The Balaban J connectivity index is 0.00000101. The van der Waals surface area contributed by atoms with Crippen LogP contribution in [0, 0.1) is 0 Å². The Bertz CT molecular complexity index is 1050. The van der Waals surface area contributed by atoms with Crippen molar-refractivity contribution in [1.82, 2.24) is 0 Å². The third kappa shape index (κ3) is 8.93. The van der Waals surface area contributed by atoms with Gasteiger partial charge in [-0.05, 0) is 36.4 Å². The fourth-order valence-corrected chi connectivity index (χ4v) is 3.06. The summed E-state index contributed by atoms with van der Waals surface area (Å²) in [7, 11) is 5.76. The Morgan fingerprint density at radius 2 is 1.47 bits per heavy atom. The van der Waals surface area contributed by atoms with E-state index >= 15 is 0 Å². The average Bonchev–Trinajstić information content (AvgIpc) is 3.22. The van der Waals surface area contributed by atoms with Gasteiger partial charge in [-0.1, -0.05) is 40.7 Å². The van der Waals surface area contributed by atoms with Crippen LogP contribution in [0.5, 0.6) is 5.75 Å². The van der Waals surface area contributed by atoms with E-state index in [1.54, 1.807) is 42.5 Å². The molecule has 0 unspecified atom stereocenters. The van der Waals surface area contributed by atoms with Crippen molar-refractivity contribution in [3.8, 4) is 5.75 Å². The first-order valence-corrected chi connectivity index (χ1v) is 13.1. The molecule has 0 aliphatic heterocycles. The first kappa shape index (κ1) is 24.5. The van der Waals surface area contributed by atoms with Gasteiger partial charge >= 0.3 is 33.3 Å². The first-order valence-electron chi connectivity index (χ1n) is 7.94. The van der Waals surface area contributed by atoms with E-state index in [0.29, 0.717) is 11.5 Å². The second-order valence-corrected chi connectivity index (χ2v) is 9.04. The molecule has 1 heterocycles. The van der Waals surface area contributed by atoms with Crippen molar-refractivity contribution < 1.29 is 35.2 Å². The normalized spacial score (nSPS) is 11.5. The van der Waals surface area contributed by atoms with Gasteiger partial charge in [-0.3, -0.25) is 0 Å². The van der Waals surface area contributed by atoms with Gasteiger partial charge in [0.25, 0.3) is 10.0 Å². The summed E-state index contributed by atoms with van der Waals surface area (Å²) < 4.78 is 41.9. The van der Waals surface area contributed by atoms with Crippen LogP contribution in [-0.2, 0) is 27.5 Å². The van der Waals surface area contributed by atoms with Gasteiger partial charge in [0, 0.05) is 0 Å². The third-order valence-electron chi connectivity index (χ3n) is 3.13. The fraction of sp³-hybridized carbons (Fsp3) is 0. The molecule has 0 atom stereocenters. The zero-order valence-electron chi connectivity index (χ0n) is 14.9. The second-order valence-electron chi connectivity index (χ2n) is 5.09. The molecule has 3 aromatic rings. The van der Waals surface area contributed by atoms with Crippen molar-refractivity contribution in [3.63, 3.8) is 0 Å². The van der Waals surface area contributed by atoms with E-state index in [1.165, 1.54) is 18.3 Å². The Morgan fingerprint density at radius 3 is 2.10 bits per heavy atom. The van der Waals surface area contributed by atoms with Crippen LogP contribution in [0.4, 0.5) is 0 Å². The summed E-state index contributed by atoms with van der Waals surface area (Å²) in [6.45, 7) is 0. The third-order valence-corrected chi connectivity index (χ3v) is 4.71. The Hall–Kier alpha value is -1.78. The van der Waals surface area contributed by atoms with E-state index in [4.69, 9.17) is 33.8 Å². The Morgan fingerprint density at radius 1 is 0.900 bits per heavy atom. The molecule has 0 bridgehead atoms. The van der Waals surface area contributed by atoms with Crippen molar-refractivity contribution in [1.29, 1.82) is 0 Å². The van der Waals surface area contributed by atoms with Gasteiger partial charge in [0.2, 0.25) is 0 Å². The van der Waals surface area contributed by atoms with Gasteiger partial charge in [-0.2, -0.15) is 17.2 Å². The van der Waals surface area contributed by atoms with Crippen molar-refractivity contribution in [2.24, 2.45) is 8.80 Å². The Labute approximate surface area is 193 Å². The monoisotopic (exact) mass is 528 g/mol. The van der Waals surface area contributed by atoms with Crippen LogP contribution in [-0.4, -0.2) is 20.8 Å². The molecule has 7 nitrogen and oxygen atoms in total. The van der Waals surface area contributed by atoms with Crippen molar-refractivity contribution in [3.05, 3.63) is 84.3 Å². The molecule has 0 radical (unpaired) electrons. The van der Waals surface area contributed by atoms with Gasteiger partial charge in [0.05, 0.1) is 17.3 Å². The van der Waals surface area contributed by atoms with Crippen molar-refractivity contribution in [2.75, 3.05) is 0 Å². The number of hydrogen-bond acceptors (Lipinski definition) is 7. The summed E-state index contributed by atoms with van der Waals surface area (Å²) in [5, 5.41) is 0. The average molecular weight is 529 g/mol. The number of nitrogens with zero attached hydrogens (tertiary/aromatic N) is 2. The number of para-hydroxylation sites is 1. The molecule has 12 heteroatoms. The van der Waals surface area contributed by atoms with Crippen LogP contribution >= 0.6 is 32.4 Å². The molecule has 0 N–H and O–H groups in total. The number of sulfonamides is 1. The van der Waals surface area contributed by atoms with E-state index in [0.717, 1.165) is 18.4 Å². The van der Waals surface area contributed by atoms with Crippen molar-refractivity contribution in [2.45, 2.75) is 4.90 Å². The maximum atomic E-state index is 12.1. The number of hydrogen-bond donors (Lipinski definition) is 0. The summed E-state index contributed by atoms with van der Waals surface area (Å²) in [5.74, 6) is 1.24. The molecule has 1 aromatic heterocycles. The number of halogens is 2. The van der Waals surface area contributed by atoms with Crippen LogP contribution < -0.4 is 4.89 Å². The van der Waals surface area contributed by atoms with E-state index in [1.807, 2.05) is 18.2 Å². The van der Waals surface area contributed by atoms with E-state index in [2.05, 4.69) is 8.80 Å². The Kier molecular flexibility index (Phi) is 11.0. The summed E-state index contributed by atoms with van der Waals surface area (Å²) in [5.41, 5.74) is 0. The molecule has 0 aliphatic rings. The summed E-state index contributed by atoms with van der Waals surface area (Å²) in [6.07, 6.45) is 2.55. The molecule has 0 amide bonds. The minimum atomic E-state index is -3.76. The second kappa shape index (κ2) is 13.5. The van der Waals surface area contributed by atoms with E-state index in [-0.39, 0.29) is 23.8 Å². The van der Waals surface area contributed by atoms with Gasteiger partial charge in [-0.15, -0.1) is 0 Å². The molecule has 0 saturated heterocycles. The van der Waals surface area contributed by atoms with Crippen LogP contribution in [0.1, 0.15) is 11.5 Å². The molecule has 0 spiro atoms. The number of furan rings is 1. The molecule has 0 fully saturated rings. The SMILES string of the molecule is O=S(=O)(/N=C/c1ccc(/C=N/SOOc2ccccc2)o1)c1ccccc1.[Cl][Fe][Cl]. The standard InChI is InChI=1S/C18H14N2O5S2.2ClH.Fe/c21-27(22,18-9-5-2-6-10-18)20-14-17-12-11-16(23-17)13-19-26-25-24-15-7-3-1-4-8-15;;;/h1-14H;2*1H;/q;;;+2/p-2/b19-13+,20-14+;;;. The minimum absolute atomic E-state index is 0.113. The van der Waals surface area contributed by atoms with Gasteiger partial charge in [0.15, 0.2) is 18.0 Å². The zero-order chi connectivity index (χ0) is 21.7. The topological polar surface area (TPSA) is 90.5 Å². The van der Waals surface area contributed by atoms with Crippen molar-refractivity contribution >= 4 is 54.9 Å². The van der Waals surface area contributed by atoms with Crippen LogP contribution in [0.15, 0.2) is 90.9 Å². The fourth-order valence-electron chi connectivity index (χ4n) is 1.90. The molecule has 3 rings (SSSR count). The molecule has 2 aromatic carbocycles. The molecule has 0 saturated carbocycles. The maximum absolute atomic E-state index is 12.1. The molecule has 0 aliphatic carbocycles. The van der Waals surface area contributed by atoms with Crippen LogP contribution in [0.3, 0.4) is 0 Å². The van der Waals surface area contributed by atoms with Gasteiger partial charge < -0.3 is 9.30 Å². The molecule has 160 valence electrons. The van der Waals surface area contributed by atoms with Gasteiger partial charge in [0.1, 0.15) is 11.5 Å². The number of rotatable bonds is 8. The predicted molar refractivity (Wildman–Crippen MR) is 115 cm³/mol. The molecule has 30 heavy (non-hydrogen) atoms.